The van der Waals surface area contributed by atoms with Crippen LogP contribution in [-0.4, -0.2) is 52.0 Å². The molecule has 1 saturated carbocycles. The van der Waals surface area contributed by atoms with Gasteiger partial charge in [0.1, 0.15) is 17.5 Å². The lowest BCUT2D eigenvalue weighted by atomic mass is 9.85. The molecule has 1 aliphatic carbocycles. The van der Waals surface area contributed by atoms with Crippen molar-refractivity contribution >= 4 is 11.8 Å². The highest BCUT2D eigenvalue weighted by atomic mass is 19.1. The second-order valence-electron chi connectivity index (χ2n) is 9.86. The van der Waals surface area contributed by atoms with Crippen LogP contribution >= 0.6 is 0 Å². The van der Waals surface area contributed by atoms with Crippen LogP contribution in [0.2, 0.25) is 0 Å². The van der Waals surface area contributed by atoms with Crippen molar-refractivity contribution in [3.05, 3.63) is 71.4 Å². The van der Waals surface area contributed by atoms with Gasteiger partial charge in [-0.15, -0.1) is 0 Å². The minimum Gasteiger partial charge on any atom is -0.355 e. The molecule has 0 bridgehead atoms. The van der Waals surface area contributed by atoms with Gasteiger partial charge in [0.05, 0.1) is 23.2 Å². The molecular weight excluding hydrogens is 499 g/mol. The number of hydrogen-bond acceptors (Lipinski definition) is 6. The van der Waals surface area contributed by atoms with Gasteiger partial charge in [-0.05, 0) is 50.5 Å². The van der Waals surface area contributed by atoms with E-state index < -0.39 is 41.4 Å². The van der Waals surface area contributed by atoms with E-state index in [1.807, 2.05) is 0 Å². The highest BCUT2D eigenvalue weighted by Crippen LogP contribution is 2.30. The second kappa shape index (κ2) is 10.9. The fraction of sp³-hybridized carbons (Fsp3) is 0.407. The van der Waals surface area contributed by atoms with Crippen LogP contribution in [0.5, 0.6) is 0 Å². The fourth-order valence-electron chi connectivity index (χ4n) is 5.05. The summed E-state index contributed by atoms with van der Waals surface area (Å²) in [6.07, 6.45) is 5.29. The molecule has 1 saturated heterocycles. The summed E-state index contributed by atoms with van der Waals surface area (Å²) < 4.78 is 46.8. The van der Waals surface area contributed by atoms with Crippen LogP contribution in [0.1, 0.15) is 54.8 Å². The molecule has 2 aromatic heterocycles. The number of pyridine rings is 1. The Morgan fingerprint density at radius 2 is 1.92 bits per heavy atom. The number of benzene rings is 1. The standard InChI is InChI=1S/C27H28F3N5O3/c1-15(25-20(29)6-3-10-31-25)32-26(36)19-14-35(17-4-2-5-17)11-9-22(19)33-27(37)23-13-24(38-34-23)18-8-7-16(28)12-21(18)30/h3,6-8,10,12-13,15,17,19,22H,2,4-5,9,11,14H2,1H3,(H,32,36)(H,33,37)/t15-,19-,22-/m0/s1. The van der Waals surface area contributed by atoms with Gasteiger partial charge >= 0.3 is 0 Å². The first-order chi connectivity index (χ1) is 18.3. The zero-order valence-electron chi connectivity index (χ0n) is 20.8. The number of carbonyl (C=O) groups excluding carboxylic acids is 2. The number of nitrogens with one attached hydrogen (secondary N) is 2. The predicted octanol–water partition coefficient (Wildman–Crippen LogP) is 4.00. The Hall–Kier alpha value is -3.73. The molecule has 2 amide bonds. The molecule has 3 aromatic rings. The smallest absolute Gasteiger partial charge is 0.273 e. The third-order valence-electron chi connectivity index (χ3n) is 7.38. The van der Waals surface area contributed by atoms with Crippen molar-refractivity contribution in [3.63, 3.8) is 0 Å². The van der Waals surface area contributed by atoms with Crippen LogP contribution in [-0.2, 0) is 4.79 Å². The summed E-state index contributed by atoms with van der Waals surface area (Å²) in [6, 6.07) is 6.28. The molecule has 1 aliphatic heterocycles. The van der Waals surface area contributed by atoms with Gasteiger partial charge in [-0.25, -0.2) is 13.2 Å². The zero-order chi connectivity index (χ0) is 26.8. The van der Waals surface area contributed by atoms with Crippen molar-refractivity contribution < 1.29 is 27.3 Å². The number of nitrogens with zero attached hydrogens (tertiary/aromatic N) is 3. The van der Waals surface area contributed by atoms with E-state index in [0.29, 0.717) is 31.6 Å². The third kappa shape index (κ3) is 5.42. The maximum absolute atomic E-state index is 14.2. The minimum absolute atomic E-state index is 0.0204. The molecule has 0 spiro atoms. The molecule has 38 heavy (non-hydrogen) atoms. The Bertz CT molecular complexity index is 1330. The Morgan fingerprint density at radius 1 is 1.11 bits per heavy atom. The van der Waals surface area contributed by atoms with E-state index in [0.717, 1.165) is 25.3 Å². The number of aromatic nitrogens is 2. The Labute approximate surface area is 217 Å². The van der Waals surface area contributed by atoms with Gasteiger partial charge in [0.2, 0.25) is 5.91 Å². The summed E-state index contributed by atoms with van der Waals surface area (Å²) in [6.45, 7) is 2.83. The van der Waals surface area contributed by atoms with Gasteiger partial charge in [-0.3, -0.25) is 19.5 Å². The molecule has 3 atom stereocenters. The minimum atomic E-state index is -0.841. The fourth-order valence-corrected chi connectivity index (χ4v) is 5.05. The van der Waals surface area contributed by atoms with E-state index in [4.69, 9.17) is 4.52 Å². The van der Waals surface area contributed by atoms with Crippen molar-refractivity contribution in [2.75, 3.05) is 13.1 Å². The first-order valence-electron chi connectivity index (χ1n) is 12.7. The topological polar surface area (TPSA) is 100 Å². The molecule has 8 nitrogen and oxygen atoms in total. The largest absolute Gasteiger partial charge is 0.355 e. The summed E-state index contributed by atoms with van der Waals surface area (Å²) >= 11 is 0. The van der Waals surface area contributed by atoms with Crippen LogP contribution in [0.3, 0.4) is 0 Å². The zero-order valence-corrected chi connectivity index (χ0v) is 20.8. The number of piperidine rings is 1. The van der Waals surface area contributed by atoms with Crippen LogP contribution in [0.25, 0.3) is 11.3 Å². The number of halogens is 3. The van der Waals surface area contributed by atoms with Crippen molar-refractivity contribution in [2.24, 2.45) is 5.92 Å². The lowest BCUT2D eigenvalue weighted by Gasteiger charge is -2.45. The summed E-state index contributed by atoms with van der Waals surface area (Å²) in [4.78, 5) is 32.8. The van der Waals surface area contributed by atoms with E-state index in [2.05, 4.69) is 25.7 Å². The number of hydrogen-bond donors (Lipinski definition) is 2. The van der Waals surface area contributed by atoms with Crippen LogP contribution in [0.4, 0.5) is 13.2 Å². The second-order valence-corrected chi connectivity index (χ2v) is 9.86. The normalized spacial score (nSPS) is 20.9. The number of likely N-dealkylation sites (tertiary alicyclic amines) is 1. The van der Waals surface area contributed by atoms with Crippen molar-refractivity contribution in [3.8, 4) is 11.3 Å². The maximum atomic E-state index is 14.2. The molecule has 2 aliphatic rings. The highest BCUT2D eigenvalue weighted by Gasteiger charge is 2.39. The summed E-state index contributed by atoms with van der Waals surface area (Å²) in [5, 5.41) is 9.48. The molecule has 200 valence electrons. The number of carbonyl (C=O) groups is 2. The predicted molar refractivity (Wildman–Crippen MR) is 131 cm³/mol. The third-order valence-corrected chi connectivity index (χ3v) is 7.38. The van der Waals surface area contributed by atoms with E-state index in [9.17, 15) is 22.8 Å². The maximum Gasteiger partial charge on any atom is 0.273 e. The lowest BCUT2D eigenvalue weighted by molar-refractivity contribution is -0.129. The molecule has 3 heterocycles. The molecular formula is C27H28F3N5O3. The van der Waals surface area contributed by atoms with Gasteiger partial charge in [0.15, 0.2) is 11.5 Å². The van der Waals surface area contributed by atoms with Crippen LogP contribution in [0.15, 0.2) is 47.1 Å². The Kier molecular flexibility index (Phi) is 7.46. The van der Waals surface area contributed by atoms with E-state index in [1.165, 1.54) is 30.5 Å². The van der Waals surface area contributed by atoms with E-state index in [1.54, 1.807) is 6.92 Å². The van der Waals surface area contributed by atoms with Crippen LogP contribution < -0.4 is 10.6 Å². The summed E-state index contributed by atoms with van der Waals surface area (Å²) in [7, 11) is 0. The molecule has 0 radical (unpaired) electrons. The van der Waals surface area contributed by atoms with Crippen molar-refractivity contribution in [2.45, 2.75) is 50.7 Å². The molecule has 0 unspecified atom stereocenters. The van der Waals surface area contributed by atoms with Gasteiger partial charge < -0.3 is 15.2 Å². The van der Waals surface area contributed by atoms with Crippen molar-refractivity contribution in [1.29, 1.82) is 0 Å². The highest BCUT2D eigenvalue weighted by molar-refractivity contribution is 5.94. The summed E-state index contributed by atoms with van der Waals surface area (Å²) in [5.74, 6) is -3.59. The molecule has 2 N–H and O–H groups in total. The van der Waals surface area contributed by atoms with Gasteiger partial charge in [0.25, 0.3) is 5.91 Å². The number of amides is 2. The first-order valence-corrected chi connectivity index (χ1v) is 12.7. The van der Waals surface area contributed by atoms with Gasteiger partial charge in [0, 0.05) is 43.5 Å². The van der Waals surface area contributed by atoms with E-state index >= 15 is 0 Å². The lowest BCUT2D eigenvalue weighted by Crippen LogP contribution is -2.58. The average Bonchev–Trinajstić information content (AvgIpc) is 3.34. The molecule has 1 aromatic carbocycles. The van der Waals surface area contributed by atoms with Crippen molar-refractivity contribution in [1.82, 2.24) is 25.7 Å². The number of rotatable bonds is 7. The molecule has 5 rings (SSSR count). The van der Waals surface area contributed by atoms with E-state index in [-0.39, 0.29) is 28.6 Å². The quantitative estimate of drug-likeness (QED) is 0.482. The van der Waals surface area contributed by atoms with Crippen LogP contribution in [0, 0.1) is 23.4 Å². The van der Waals surface area contributed by atoms with Gasteiger partial charge in [-0.2, -0.15) is 0 Å². The van der Waals surface area contributed by atoms with Gasteiger partial charge in [-0.1, -0.05) is 11.6 Å². The molecule has 2 fully saturated rings. The average molecular weight is 528 g/mol. The summed E-state index contributed by atoms with van der Waals surface area (Å²) in [5.41, 5.74) is 0.0178. The SMILES string of the molecule is C[C@H](NC(=O)[C@H]1CN(C2CCC2)CC[C@@H]1NC(=O)c1cc(-c2ccc(F)cc2F)on1)c1ncccc1F. The monoisotopic (exact) mass is 527 g/mol. The Morgan fingerprint density at radius 3 is 2.63 bits per heavy atom. The first kappa shape index (κ1) is 25.9. The molecule has 11 heteroatoms. The Balaban J connectivity index is 1.31.